The van der Waals surface area contributed by atoms with Gasteiger partial charge < -0.3 is 25.8 Å². The highest BCUT2D eigenvalue weighted by Gasteiger charge is 2.64. The number of amides is 2. The van der Waals surface area contributed by atoms with Crippen LogP contribution in [0.3, 0.4) is 0 Å². The van der Waals surface area contributed by atoms with Crippen molar-refractivity contribution < 1.29 is 19.1 Å². The summed E-state index contributed by atoms with van der Waals surface area (Å²) in [4.78, 5) is 25.3. The first-order valence-electron chi connectivity index (χ1n) is 11.9. The van der Waals surface area contributed by atoms with Gasteiger partial charge in [-0.15, -0.1) is 0 Å². The standard InChI is InChI=1S/C27H33ClN4O4/c1-26(2)24(27(3,4)25(26)36-20-10-9-19(16-30)21(28)15-20)32-23(34)18-7-5-17(6-8-18)22(33)31-12-14-35-13-11-29/h5-10,15,24-25H,11-14,29H2,1-4H3,(H,31,33)(H,32,34). The Morgan fingerprint density at radius 2 is 1.64 bits per heavy atom. The lowest BCUT2D eigenvalue weighted by atomic mass is 9.49. The summed E-state index contributed by atoms with van der Waals surface area (Å²) in [6.07, 6.45) is -0.195. The molecule has 3 rings (SSSR count). The van der Waals surface area contributed by atoms with Gasteiger partial charge in [-0.1, -0.05) is 39.3 Å². The topological polar surface area (TPSA) is 126 Å². The molecule has 0 aromatic heterocycles. The summed E-state index contributed by atoms with van der Waals surface area (Å²) in [7, 11) is 0. The molecule has 1 aliphatic carbocycles. The largest absolute Gasteiger partial charge is 0.489 e. The number of carbonyl (C=O) groups is 2. The summed E-state index contributed by atoms with van der Waals surface area (Å²) in [5, 5.41) is 15.3. The van der Waals surface area contributed by atoms with E-state index in [0.29, 0.717) is 53.8 Å². The van der Waals surface area contributed by atoms with Crippen molar-refractivity contribution in [1.82, 2.24) is 10.6 Å². The molecule has 0 heterocycles. The minimum absolute atomic E-state index is 0.159. The number of nitrogens with zero attached hydrogens (tertiary/aromatic N) is 1. The van der Waals surface area contributed by atoms with Crippen LogP contribution in [0.1, 0.15) is 54.0 Å². The van der Waals surface area contributed by atoms with Crippen LogP contribution in [0, 0.1) is 22.2 Å². The Labute approximate surface area is 217 Å². The Balaban J connectivity index is 1.61. The van der Waals surface area contributed by atoms with Gasteiger partial charge in [0.1, 0.15) is 17.9 Å². The van der Waals surface area contributed by atoms with Crippen molar-refractivity contribution in [2.75, 3.05) is 26.3 Å². The molecule has 1 aliphatic rings. The fourth-order valence-electron chi connectivity index (χ4n) is 5.11. The summed E-state index contributed by atoms with van der Waals surface area (Å²) in [5.74, 6) is 0.125. The van der Waals surface area contributed by atoms with E-state index >= 15 is 0 Å². The van der Waals surface area contributed by atoms with Crippen LogP contribution < -0.4 is 21.1 Å². The second kappa shape index (κ2) is 11.3. The fourth-order valence-corrected chi connectivity index (χ4v) is 5.32. The van der Waals surface area contributed by atoms with Crippen molar-refractivity contribution in [2.45, 2.75) is 39.8 Å². The van der Waals surface area contributed by atoms with Gasteiger partial charge in [-0.05, 0) is 36.4 Å². The SMILES string of the molecule is CC1(C)C(NC(=O)c2ccc(C(=O)NCCOCCN)cc2)C(C)(C)C1Oc1ccc(C#N)c(Cl)c1. The summed E-state index contributed by atoms with van der Waals surface area (Å²) in [6, 6.07) is 13.4. The van der Waals surface area contributed by atoms with Crippen LogP contribution in [-0.2, 0) is 4.74 Å². The van der Waals surface area contributed by atoms with Crippen molar-refractivity contribution in [1.29, 1.82) is 5.26 Å². The lowest BCUT2D eigenvalue weighted by Crippen LogP contribution is -2.74. The molecule has 0 unspecified atom stereocenters. The summed E-state index contributed by atoms with van der Waals surface area (Å²) < 4.78 is 11.5. The monoisotopic (exact) mass is 512 g/mol. The molecule has 8 nitrogen and oxygen atoms in total. The maximum atomic E-state index is 13.0. The van der Waals surface area contributed by atoms with E-state index in [-0.39, 0.29) is 34.8 Å². The molecule has 0 radical (unpaired) electrons. The van der Waals surface area contributed by atoms with Crippen molar-refractivity contribution >= 4 is 23.4 Å². The van der Waals surface area contributed by atoms with Crippen LogP contribution in [0.25, 0.3) is 0 Å². The smallest absolute Gasteiger partial charge is 0.251 e. The first-order valence-corrected chi connectivity index (χ1v) is 12.2. The number of nitrogens with two attached hydrogens (primary N) is 1. The number of ether oxygens (including phenoxy) is 2. The maximum absolute atomic E-state index is 13.0. The predicted molar refractivity (Wildman–Crippen MR) is 138 cm³/mol. The van der Waals surface area contributed by atoms with Gasteiger partial charge in [0, 0.05) is 47.2 Å². The number of nitriles is 1. The van der Waals surface area contributed by atoms with Gasteiger partial charge in [-0.2, -0.15) is 5.26 Å². The molecular formula is C27H33ClN4O4. The number of rotatable bonds is 10. The average Bonchev–Trinajstić information content (AvgIpc) is 2.85. The Kier molecular flexibility index (Phi) is 8.62. The number of halogens is 1. The van der Waals surface area contributed by atoms with Crippen LogP contribution in [0.15, 0.2) is 42.5 Å². The fraction of sp³-hybridized carbons (Fsp3) is 0.444. The second-order valence-corrected chi connectivity index (χ2v) is 10.4. The van der Waals surface area contributed by atoms with Crippen LogP contribution >= 0.6 is 11.6 Å². The molecular weight excluding hydrogens is 480 g/mol. The Morgan fingerprint density at radius 3 is 2.19 bits per heavy atom. The minimum Gasteiger partial charge on any atom is -0.489 e. The average molecular weight is 513 g/mol. The molecule has 2 amide bonds. The van der Waals surface area contributed by atoms with E-state index in [0.717, 1.165) is 0 Å². The molecule has 0 saturated heterocycles. The lowest BCUT2D eigenvalue weighted by Gasteiger charge is -2.63. The number of carbonyl (C=O) groups excluding carboxylic acids is 2. The minimum atomic E-state index is -0.370. The number of benzene rings is 2. The second-order valence-electron chi connectivity index (χ2n) is 10.0. The summed E-state index contributed by atoms with van der Waals surface area (Å²) in [5.41, 5.74) is 5.94. The summed E-state index contributed by atoms with van der Waals surface area (Å²) in [6.45, 7) is 9.84. The van der Waals surface area contributed by atoms with Crippen LogP contribution in [0.5, 0.6) is 5.75 Å². The van der Waals surface area contributed by atoms with Crippen LogP contribution in [0.4, 0.5) is 0 Å². The van der Waals surface area contributed by atoms with Crippen LogP contribution in [-0.4, -0.2) is 50.3 Å². The van der Waals surface area contributed by atoms with Crippen molar-refractivity contribution in [3.05, 3.63) is 64.2 Å². The van der Waals surface area contributed by atoms with Crippen molar-refractivity contribution in [3.8, 4) is 11.8 Å². The van der Waals surface area contributed by atoms with Crippen molar-refractivity contribution in [2.24, 2.45) is 16.6 Å². The van der Waals surface area contributed by atoms with Gasteiger partial charge in [-0.3, -0.25) is 9.59 Å². The summed E-state index contributed by atoms with van der Waals surface area (Å²) >= 11 is 6.16. The first kappa shape index (κ1) is 27.5. The molecule has 0 bridgehead atoms. The molecule has 1 fully saturated rings. The highest BCUT2D eigenvalue weighted by molar-refractivity contribution is 6.31. The zero-order valence-electron chi connectivity index (χ0n) is 21.1. The van der Waals surface area contributed by atoms with E-state index in [1.54, 1.807) is 42.5 Å². The molecule has 0 aliphatic heterocycles. The van der Waals surface area contributed by atoms with E-state index in [9.17, 15) is 9.59 Å². The quantitative estimate of drug-likeness (QED) is 0.418. The third-order valence-electron chi connectivity index (χ3n) is 6.63. The third-order valence-corrected chi connectivity index (χ3v) is 6.95. The van der Waals surface area contributed by atoms with Crippen molar-refractivity contribution in [3.63, 3.8) is 0 Å². The molecule has 4 N–H and O–H groups in total. The van der Waals surface area contributed by atoms with Gasteiger partial charge >= 0.3 is 0 Å². The molecule has 36 heavy (non-hydrogen) atoms. The van der Waals surface area contributed by atoms with E-state index in [1.165, 1.54) is 0 Å². The van der Waals surface area contributed by atoms with E-state index in [2.05, 4.69) is 10.6 Å². The molecule has 1 saturated carbocycles. The number of hydrogen-bond donors (Lipinski definition) is 3. The number of hydrogen-bond acceptors (Lipinski definition) is 6. The Morgan fingerprint density at radius 1 is 1.03 bits per heavy atom. The highest BCUT2D eigenvalue weighted by atomic mass is 35.5. The lowest BCUT2D eigenvalue weighted by molar-refractivity contribution is -0.164. The van der Waals surface area contributed by atoms with Gasteiger partial charge in [0.2, 0.25) is 0 Å². The zero-order chi connectivity index (χ0) is 26.5. The van der Waals surface area contributed by atoms with Crippen LogP contribution in [0.2, 0.25) is 5.02 Å². The number of nitrogens with one attached hydrogen (secondary N) is 2. The Hall–Kier alpha value is -3.12. The van der Waals surface area contributed by atoms with Gasteiger partial charge in [0.25, 0.3) is 11.8 Å². The predicted octanol–water partition coefficient (Wildman–Crippen LogP) is 3.53. The third kappa shape index (κ3) is 5.81. The Bertz CT molecular complexity index is 1130. The van der Waals surface area contributed by atoms with E-state index in [4.69, 9.17) is 32.1 Å². The highest BCUT2D eigenvalue weighted by Crippen LogP contribution is 2.55. The normalized spacial score (nSPS) is 19.5. The van der Waals surface area contributed by atoms with Gasteiger partial charge in [0.15, 0.2) is 0 Å². The van der Waals surface area contributed by atoms with Gasteiger partial charge in [0.05, 0.1) is 23.8 Å². The molecule has 2 aromatic carbocycles. The molecule has 192 valence electrons. The van der Waals surface area contributed by atoms with E-state index in [1.807, 2.05) is 33.8 Å². The maximum Gasteiger partial charge on any atom is 0.251 e. The molecule has 0 spiro atoms. The molecule has 9 heteroatoms. The molecule has 0 atom stereocenters. The van der Waals surface area contributed by atoms with E-state index < -0.39 is 0 Å². The molecule has 2 aromatic rings. The van der Waals surface area contributed by atoms with Gasteiger partial charge in [-0.25, -0.2) is 0 Å². The first-order chi connectivity index (χ1) is 17.0. The zero-order valence-corrected chi connectivity index (χ0v) is 21.8.